The maximum absolute atomic E-state index is 4.14. The standard InChI is InChI=1S/C12H24N4/c1-4-8-14-12(13-3)15-9-10-16(5-2)11-6-7-11/h4,11H,1,5-10H2,2-3H3,(H2,13,14,15). The minimum Gasteiger partial charge on any atom is -0.355 e. The minimum absolute atomic E-state index is 0.750. The van der Waals surface area contributed by atoms with Crippen LogP contribution in [0.3, 0.4) is 0 Å². The number of nitrogens with zero attached hydrogens (tertiary/aromatic N) is 2. The molecule has 0 aliphatic heterocycles. The second-order valence-corrected chi connectivity index (χ2v) is 4.03. The zero-order chi connectivity index (χ0) is 11.8. The van der Waals surface area contributed by atoms with Crippen LogP contribution in [0.4, 0.5) is 0 Å². The molecule has 4 heteroatoms. The molecule has 0 saturated heterocycles. The normalized spacial score (nSPS) is 16.3. The molecule has 1 rings (SSSR count). The van der Waals surface area contributed by atoms with Crippen molar-refractivity contribution >= 4 is 5.96 Å². The highest BCUT2D eigenvalue weighted by Gasteiger charge is 2.27. The van der Waals surface area contributed by atoms with Gasteiger partial charge in [-0.3, -0.25) is 9.89 Å². The average Bonchev–Trinajstić information content (AvgIpc) is 3.12. The van der Waals surface area contributed by atoms with E-state index in [0.717, 1.165) is 38.2 Å². The maximum Gasteiger partial charge on any atom is 0.191 e. The van der Waals surface area contributed by atoms with Crippen LogP contribution in [-0.2, 0) is 0 Å². The number of nitrogens with one attached hydrogen (secondary N) is 2. The third-order valence-corrected chi connectivity index (χ3v) is 2.80. The van der Waals surface area contributed by atoms with Crippen molar-refractivity contribution in [2.75, 3.05) is 33.2 Å². The Kier molecular flexibility index (Phi) is 5.93. The Morgan fingerprint density at radius 1 is 1.50 bits per heavy atom. The molecule has 0 heterocycles. The van der Waals surface area contributed by atoms with E-state index in [1.165, 1.54) is 12.8 Å². The van der Waals surface area contributed by atoms with Gasteiger partial charge in [-0.25, -0.2) is 0 Å². The summed E-state index contributed by atoms with van der Waals surface area (Å²) in [7, 11) is 1.79. The van der Waals surface area contributed by atoms with Crippen molar-refractivity contribution in [3.8, 4) is 0 Å². The molecule has 0 aromatic carbocycles. The first-order chi connectivity index (χ1) is 7.81. The largest absolute Gasteiger partial charge is 0.355 e. The highest BCUT2D eigenvalue weighted by atomic mass is 15.2. The van der Waals surface area contributed by atoms with Crippen molar-refractivity contribution in [3.05, 3.63) is 12.7 Å². The van der Waals surface area contributed by atoms with Crippen LogP contribution in [0.25, 0.3) is 0 Å². The van der Waals surface area contributed by atoms with Gasteiger partial charge in [0.2, 0.25) is 0 Å². The zero-order valence-electron chi connectivity index (χ0n) is 10.5. The fourth-order valence-electron chi connectivity index (χ4n) is 1.75. The third kappa shape index (κ3) is 4.66. The fourth-order valence-corrected chi connectivity index (χ4v) is 1.75. The summed E-state index contributed by atoms with van der Waals surface area (Å²) in [5.41, 5.74) is 0. The average molecular weight is 224 g/mol. The summed E-state index contributed by atoms with van der Waals surface area (Å²) < 4.78 is 0. The lowest BCUT2D eigenvalue weighted by Gasteiger charge is -2.20. The van der Waals surface area contributed by atoms with Crippen molar-refractivity contribution in [2.45, 2.75) is 25.8 Å². The van der Waals surface area contributed by atoms with Crippen LogP contribution in [0.5, 0.6) is 0 Å². The quantitative estimate of drug-likeness (QED) is 0.382. The van der Waals surface area contributed by atoms with Gasteiger partial charge in [0.05, 0.1) is 0 Å². The van der Waals surface area contributed by atoms with Gasteiger partial charge in [0.25, 0.3) is 0 Å². The number of likely N-dealkylation sites (N-methyl/N-ethyl adjacent to an activating group) is 1. The third-order valence-electron chi connectivity index (χ3n) is 2.80. The molecule has 1 aliphatic carbocycles. The molecule has 0 amide bonds. The zero-order valence-corrected chi connectivity index (χ0v) is 10.5. The van der Waals surface area contributed by atoms with E-state index in [-0.39, 0.29) is 0 Å². The van der Waals surface area contributed by atoms with Gasteiger partial charge in [0.15, 0.2) is 5.96 Å². The Hall–Kier alpha value is -1.03. The van der Waals surface area contributed by atoms with E-state index in [0.29, 0.717) is 0 Å². The van der Waals surface area contributed by atoms with Crippen molar-refractivity contribution in [1.82, 2.24) is 15.5 Å². The van der Waals surface area contributed by atoms with Gasteiger partial charge in [-0.15, -0.1) is 6.58 Å². The first-order valence-electron chi connectivity index (χ1n) is 6.11. The van der Waals surface area contributed by atoms with Crippen molar-refractivity contribution in [3.63, 3.8) is 0 Å². The summed E-state index contributed by atoms with van der Waals surface area (Å²) in [6, 6.07) is 0.843. The Morgan fingerprint density at radius 3 is 2.75 bits per heavy atom. The lowest BCUT2D eigenvalue weighted by atomic mass is 10.4. The second kappa shape index (κ2) is 7.28. The van der Waals surface area contributed by atoms with E-state index in [9.17, 15) is 0 Å². The van der Waals surface area contributed by atoms with Crippen molar-refractivity contribution in [2.24, 2.45) is 4.99 Å². The lowest BCUT2D eigenvalue weighted by Crippen LogP contribution is -2.42. The number of guanidine groups is 1. The lowest BCUT2D eigenvalue weighted by molar-refractivity contribution is 0.282. The second-order valence-electron chi connectivity index (χ2n) is 4.03. The molecule has 0 atom stereocenters. The number of hydrogen-bond acceptors (Lipinski definition) is 2. The summed E-state index contributed by atoms with van der Waals surface area (Å²) in [5.74, 6) is 0.853. The van der Waals surface area contributed by atoms with E-state index in [1.54, 1.807) is 7.05 Å². The van der Waals surface area contributed by atoms with Gasteiger partial charge in [0.1, 0.15) is 0 Å². The molecule has 0 aromatic heterocycles. The van der Waals surface area contributed by atoms with E-state index >= 15 is 0 Å². The van der Waals surface area contributed by atoms with Crippen LogP contribution >= 0.6 is 0 Å². The van der Waals surface area contributed by atoms with Crippen LogP contribution < -0.4 is 10.6 Å². The molecule has 16 heavy (non-hydrogen) atoms. The Labute approximate surface area is 98.8 Å². The van der Waals surface area contributed by atoms with Crippen LogP contribution in [0.15, 0.2) is 17.6 Å². The van der Waals surface area contributed by atoms with Crippen molar-refractivity contribution < 1.29 is 0 Å². The predicted molar refractivity (Wildman–Crippen MR) is 69.8 cm³/mol. The molecule has 2 N–H and O–H groups in total. The molecule has 1 fully saturated rings. The van der Waals surface area contributed by atoms with Crippen LogP contribution in [0.1, 0.15) is 19.8 Å². The van der Waals surface area contributed by atoms with Gasteiger partial charge in [-0.05, 0) is 19.4 Å². The predicted octanol–water partition coefficient (Wildman–Crippen LogP) is 0.822. The number of rotatable bonds is 7. The Bertz CT molecular complexity index is 233. The van der Waals surface area contributed by atoms with Crippen LogP contribution in [0.2, 0.25) is 0 Å². The molecule has 0 aromatic rings. The highest BCUT2D eigenvalue weighted by Crippen LogP contribution is 2.25. The molecule has 92 valence electrons. The van der Waals surface area contributed by atoms with E-state index in [4.69, 9.17) is 0 Å². The van der Waals surface area contributed by atoms with Gasteiger partial charge < -0.3 is 10.6 Å². The summed E-state index contributed by atoms with van der Waals surface area (Å²) >= 11 is 0. The van der Waals surface area contributed by atoms with Gasteiger partial charge in [0, 0.05) is 32.7 Å². The van der Waals surface area contributed by atoms with E-state index in [2.05, 4.69) is 34.0 Å². The monoisotopic (exact) mass is 224 g/mol. The summed E-state index contributed by atoms with van der Waals surface area (Å²) in [4.78, 5) is 6.66. The van der Waals surface area contributed by atoms with Gasteiger partial charge in [-0.2, -0.15) is 0 Å². The molecule has 0 unspecified atom stereocenters. The number of hydrogen-bond donors (Lipinski definition) is 2. The van der Waals surface area contributed by atoms with E-state index < -0.39 is 0 Å². The molecule has 1 saturated carbocycles. The SMILES string of the molecule is C=CCNC(=NC)NCCN(CC)C1CC1. The van der Waals surface area contributed by atoms with Crippen LogP contribution in [0, 0.1) is 0 Å². The molecule has 4 nitrogen and oxygen atoms in total. The minimum atomic E-state index is 0.750. The molecular weight excluding hydrogens is 200 g/mol. The molecular formula is C12H24N4. The fraction of sp³-hybridized carbons (Fsp3) is 0.750. The Balaban J connectivity index is 2.14. The summed E-state index contributed by atoms with van der Waals surface area (Å²) in [6.45, 7) is 9.82. The highest BCUT2D eigenvalue weighted by molar-refractivity contribution is 5.79. The Morgan fingerprint density at radius 2 is 2.25 bits per heavy atom. The first-order valence-corrected chi connectivity index (χ1v) is 6.11. The molecule has 0 bridgehead atoms. The topological polar surface area (TPSA) is 39.7 Å². The van der Waals surface area contributed by atoms with Crippen LogP contribution in [-0.4, -0.2) is 50.1 Å². The van der Waals surface area contributed by atoms with Gasteiger partial charge >= 0.3 is 0 Å². The summed E-state index contributed by atoms with van der Waals surface area (Å²) in [6.07, 6.45) is 4.57. The molecule has 0 radical (unpaired) electrons. The van der Waals surface area contributed by atoms with Gasteiger partial charge in [-0.1, -0.05) is 13.0 Å². The van der Waals surface area contributed by atoms with E-state index in [1.807, 2.05) is 6.08 Å². The number of aliphatic imine (C=N–C) groups is 1. The first kappa shape index (κ1) is 13.0. The maximum atomic E-state index is 4.14. The van der Waals surface area contributed by atoms with Crippen molar-refractivity contribution in [1.29, 1.82) is 0 Å². The molecule has 0 spiro atoms. The molecule has 1 aliphatic rings. The smallest absolute Gasteiger partial charge is 0.191 e. The summed E-state index contributed by atoms with van der Waals surface area (Å²) in [5, 5.41) is 6.46.